The molecule has 1 aromatic rings. The Hall–Kier alpha value is -1.84. The molecule has 1 heterocycles. The van der Waals surface area contributed by atoms with Gasteiger partial charge in [0.2, 0.25) is 0 Å². The fraction of sp³-hybridized carbons (Fsp3) is 0.429. The van der Waals surface area contributed by atoms with Gasteiger partial charge >= 0.3 is 11.9 Å². The summed E-state index contributed by atoms with van der Waals surface area (Å²) < 4.78 is 10.0. The van der Waals surface area contributed by atoms with E-state index in [4.69, 9.17) is 9.47 Å². The van der Waals surface area contributed by atoms with E-state index in [1.807, 2.05) is 26.0 Å². The van der Waals surface area contributed by atoms with Gasteiger partial charge in [0, 0.05) is 5.56 Å². The molecule has 0 aromatic heterocycles. The average Bonchev–Trinajstić information content (AvgIpc) is 2.64. The summed E-state index contributed by atoms with van der Waals surface area (Å²) in [5.74, 6) is -1.27. The molecule has 4 heteroatoms. The second-order valence-electron chi connectivity index (χ2n) is 4.73. The van der Waals surface area contributed by atoms with Crippen molar-refractivity contribution in [3.05, 3.63) is 29.8 Å². The van der Waals surface area contributed by atoms with Crippen molar-refractivity contribution >= 4 is 11.9 Å². The van der Waals surface area contributed by atoms with Gasteiger partial charge in [-0.25, -0.2) is 0 Å². The monoisotopic (exact) mass is 248 g/mol. The summed E-state index contributed by atoms with van der Waals surface area (Å²) in [6.07, 6.45) is 0. The van der Waals surface area contributed by atoms with Crippen molar-refractivity contribution in [3.8, 4) is 5.75 Å². The molecule has 1 saturated heterocycles. The van der Waals surface area contributed by atoms with E-state index in [-0.39, 0.29) is 5.92 Å². The molecule has 0 radical (unpaired) electrons. The second-order valence-corrected chi connectivity index (χ2v) is 4.73. The highest BCUT2D eigenvalue weighted by atomic mass is 16.6. The zero-order valence-corrected chi connectivity index (χ0v) is 10.7. The van der Waals surface area contributed by atoms with Crippen LogP contribution in [-0.4, -0.2) is 19.0 Å². The van der Waals surface area contributed by atoms with Crippen molar-refractivity contribution < 1.29 is 19.1 Å². The third-order valence-electron chi connectivity index (χ3n) is 3.28. The van der Waals surface area contributed by atoms with Gasteiger partial charge in [-0.1, -0.05) is 32.0 Å². The molecule has 1 aromatic carbocycles. The maximum absolute atomic E-state index is 11.9. The Kier molecular flexibility index (Phi) is 3.36. The number of ether oxygens (including phenoxy) is 2. The van der Waals surface area contributed by atoms with E-state index < -0.39 is 23.8 Å². The predicted molar refractivity (Wildman–Crippen MR) is 65.2 cm³/mol. The number of benzene rings is 1. The Labute approximate surface area is 106 Å². The summed E-state index contributed by atoms with van der Waals surface area (Å²) in [5, 5.41) is 0. The zero-order valence-electron chi connectivity index (χ0n) is 10.7. The van der Waals surface area contributed by atoms with Crippen molar-refractivity contribution in [2.24, 2.45) is 11.8 Å². The van der Waals surface area contributed by atoms with Crippen LogP contribution >= 0.6 is 0 Å². The molecule has 1 aliphatic rings. The van der Waals surface area contributed by atoms with E-state index in [2.05, 4.69) is 0 Å². The van der Waals surface area contributed by atoms with E-state index in [0.29, 0.717) is 5.75 Å². The number of esters is 2. The highest BCUT2D eigenvalue weighted by Crippen LogP contribution is 2.41. The summed E-state index contributed by atoms with van der Waals surface area (Å²) in [4.78, 5) is 23.6. The zero-order chi connectivity index (χ0) is 13.3. The predicted octanol–water partition coefficient (Wildman–Crippen LogP) is 2.13. The van der Waals surface area contributed by atoms with Gasteiger partial charge in [0.15, 0.2) is 0 Å². The summed E-state index contributed by atoms with van der Waals surface area (Å²) in [6, 6.07) is 7.24. The molecular formula is C14H16O4. The van der Waals surface area contributed by atoms with Crippen LogP contribution in [0, 0.1) is 11.8 Å². The molecule has 0 saturated carbocycles. The van der Waals surface area contributed by atoms with Crippen LogP contribution in [0.25, 0.3) is 0 Å². The first kappa shape index (κ1) is 12.6. The fourth-order valence-corrected chi connectivity index (χ4v) is 2.41. The average molecular weight is 248 g/mol. The van der Waals surface area contributed by atoms with Crippen molar-refractivity contribution in [2.75, 3.05) is 7.11 Å². The molecule has 0 aliphatic carbocycles. The number of carbonyl (C=O) groups is 2. The minimum absolute atomic E-state index is 0.0406. The Morgan fingerprint density at radius 1 is 1.17 bits per heavy atom. The minimum Gasteiger partial charge on any atom is -0.496 e. The summed E-state index contributed by atoms with van der Waals surface area (Å²) in [5.41, 5.74) is 0.717. The maximum Gasteiger partial charge on any atom is 0.322 e. The molecule has 0 spiro atoms. The first-order valence-electron chi connectivity index (χ1n) is 5.94. The van der Waals surface area contributed by atoms with Crippen molar-refractivity contribution in [2.45, 2.75) is 19.8 Å². The normalized spacial score (nSPS) is 23.3. The molecule has 2 unspecified atom stereocenters. The van der Waals surface area contributed by atoms with Gasteiger partial charge < -0.3 is 9.47 Å². The summed E-state index contributed by atoms with van der Waals surface area (Å²) in [6.45, 7) is 3.82. The number of para-hydroxylation sites is 1. The van der Waals surface area contributed by atoms with Gasteiger partial charge in [0.05, 0.1) is 18.9 Å². The standard InChI is InChI=1S/C14H16O4/c1-8(2)11-12(14(16)18-13(11)15)9-6-4-5-7-10(9)17-3/h4-8,11-12H,1-3H3. The molecule has 2 rings (SSSR count). The number of rotatable bonds is 3. The lowest BCUT2D eigenvalue weighted by molar-refractivity contribution is -0.153. The third-order valence-corrected chi connectivity index (χ3v) is 3.28. The van der Waals surface area contributed by atoms with Crippen LogP contribution in [0.3, 0.4) is 0 Å². The Bertz CT molecular complexity index is 478. The van der Waals surface area contributed by atoms with E-state index in [0.717, 1.165) is 5.56 Å². The Balaban J connectivity index is 2.47. The number of hydrogen-bond acceptors (Lipinski definition) is 4. The van der Waals surface area contributed by atoms with Gasteiger partial charge in [-0.05, 0) is 12.0 Å². The van der Waals surface area contributed by atoms with E-state index in [9.17, 15) is 9.59 Å². The molecule has 2 atom stereocenters. The Morgan fingerprint density at radius 3 is 2.44 bits per heavy atom. The Morgan fingerprint density at radius 2 is 1.83 bits per heavy atom. The van der Waals surface area contributed by atoms with Crippen molar-refractivity contribution in [3.63, 3.8) is 0 Å². The number of carbonyl (C=O) groups excluding carboxylic acids is 2. The molecule has 96 valence electrons. The molecule has 4 nitrogen and oxygen atoms in total. The number of hydrogen-bond donors (Lipinski definition) is 0. The molecule has 0 N–H and O–H groups in total. The molecule has 18 heavy (non-hydrogen) atoms. The van der Waals surface area contributed by atoms with Crippen LogP contribution < -0.4 is 4.74 Å². The molecule has 1 aliphatic heterocycles. The van der Waals surface area contributed by atoms with E-state index in [1.165, 1.54) is 0 Å². The van der Waals surface area contributed by atoms with Gasteiger partial charge in [-0.2, -0.15) is 0 Å². The van der Waals surface area contributed by atoms with Crippen molar-refractivity contribution in [1.29, 1.82) is 0 Å². The fourth-order valence-electron chi connectivity index (χ4n) is 2.41. The smallest absolute Gasteiger partial charge is 0.322 e. The van der Waals surface area contributed by atoms with Crippen LogP contribution in [0.15, 0.2) is 24.3 Å². The molecule has 1 fully saturated rings. The lowest BCUT2D eigenvalue weighted by atomic mass is 9.81. The largest absolute Gasteiger partial charge is 0.496 e. The highest BCUT2D eigenvalue weighted by molar-refractivity contribution is 6.00. The van der Waals surface area contributed by atoms with Crippen LogP contribution in [0.5, 0.6) is 5.75 Å². The van der Waals surface area contributed by atoms with Crippen LogP contribution in [0.4, 0.5) is 0 Å². The van der Waals surface area contributed by atoms with E-state index in [1.54, 1.807) is 19.2 Å². The molecule has 0 bridgehead atoms. The quantitative estimate of drug-likeness (QED) is 0.607. The minimum atomic E-state index is -0.561. The lowest BCUT2D eigenvalue weighted by Gasteiger charge is -2.19. The van der Waals surface area contributed by atoms with Gasteiger partial charge in [0.25, 0.3) is 0 Å². The van der Waals surface area contributed by atoms with Gasteiger partial charge in [-0.15, -0.1) is 0 Å². The third kappa shape index (κ3) is 1.98. The topological polar surface area (TPSA) is 52.6 Å². The first-order valence-corrected chi connectivity index (χ1v) is 5.94. The van der Waals surface area contributed by atoms with Gasteiger partial charge in [0.1, 0.15) is 5.75 Å². The highest BCUT2D eigenvalue weighted by Gasteiger charge is 2.47. The van der Waals surface area contributed by atoms with Gasteiger partial charge in [-0.3, -0.25) is 9.59 Å². The van der Waals surface area contributed by atoms with Crippen LogP contribution in [0.2, 0.25) is 0 Å². The number of methoxy groups -OCH3 is 1. The first-order chi connectivity index (χ1) is 8.56. The van der Waals surface area contributed by atoms with Crippen LogP contribution in [-0.2, 0) is 14.3 Å². The lowest BCUT2D eigenvalue weighted by Crippen LogP contribution is -2.21. The SMILES string of the molecule is COc1ccccc1C1C(=O)OC(=O)C1C(C)C. The van der Waals surface area contributed by atoms with Crippen molar-refractivity contribution in [1.82, 2.24) is 0 Å². The second kappa shape index (κ2) is 4.80. The van der Waals surface area contributed by atoms with Crippen LogP contribution in [0.1, 0.15) is 25.3 Å². The molecule has 0 amide bonds. The molecular weight excluding hydrogens is 232 g/mol. The summed E-state index contributed by atoms with van der Waals surface area (Å²) in [7, 11) is 1.55. The number of cyclic esters (lactones) is 2. The summed E-state index contributed by atoms with van der Waals surface area (Å²) >= 11 is 0. The van der Waals surface area contributed by atoms with E-state index >= 15 is 0 Å². The maximum atomic E-state index is 11.9.